The molecule has 0 unspecified atom stereocenters. The van der Waals surface area contributed by atoms with Crippen molar-refractivity contribution < 1.29 is 9.90 Å². The van der Waals surface area contributed by atoms with Crippen LogP contribution in [0, 0.1) is 0 Å². The Morgan fingerprint density at radius 1 is 1.00 bits per heavy atom. The van der Waals surface area contributed by atoms with Gasteiger partial charge in [-0.1, -0.05) is 30.3 Å². The normalized spacial score (nSPS) is 16.1. The number of carbonyl (C=O) groups is 1. The highest BCUT2D eigenvalue weighted by Gasteiger charge is 2.17. The van der Waals surface area contributed by atoms with Gasteiger partial charge in [0.1, 0.15) is 5.75 Å². The van der Waals surface area contributed by atoms with E-state index in [4.69, 9.17) is 0 Å². The molecule has 2 aromatic rings. The second-order valence-electron chi connectivity index (χ2n) is 7.13. The summed E-state index contributed by atoms with van der Waals surface area (Å²) in [5, 5.41) is 13.5. The first-order valence-corrected chi connectivity index (χ1v) is 9.71. The van der Waals surface area contributed by atoms with Crippen LogP contribution in [0.3, 0.4) is 0 Å². The first kappa shape index (κ1) is 20.0. The summed E-state index contributed by atoms with van der Waals surface area (Å²) in [6.45, 7) is 7.58. The lowest BCUT2D eigenvalue weighted by Gasteiger charge is -2.34. The van der Waals surface area contributed by atoms with Gasteiger partial charge in [0.25, 0.3) is 0 Å². The SMILES string of the molecule is CC(=NNC(=O)CCN1CCN(Cc2ccccc2)CC1)c1ccc(O)cc1. The molecular formula is C22H28N4O2. The van der Waals surface area contributed by atoms with Crippen molar-refractivity contribution in [1.29, 1.82) is 0 Å². The fourth-order valence-corrected chi connectivity index (χ4v) is 3.24. The zero-order chi connectivity index (χ0) is 19.8. The van der Waals surface area contributed by atoms with Gasteiger partial charge >= 0.3 is 0 Å². The van der Waals surface area contributed by atoms with Crippen molar-refractivity contribution in [2.24, 2.45) is 5.10 Å². The van der Waals surface area contributed by atoms with Crippen LogP contribution < -0.4 is 5.43 Å². The number of hydrogen-bond donors (Lipinski definition) is 2. The van der Waals surface area contributed by atoms with E-state index in [-0.39, 0.29) is 11.7 Å². The van der Waals surface area contributed by atoms with Gasteiger partial charge in [0, 0.05) is 45.7 Å². The van der Waals surface area contributed by atoms with Gasteiger partial charge in [-0.25, -0.2) is 5.43 Å². The number of carbonyl (C=O) groups excluding carboxylic acids is 1. The molecule has 1 fully saturated rings. The maximum atomic E-state index is 12.1. The highest BCUT2D eigenvalue weighted by atomic mass is 16.3. The number of rotatable bonds is 7. The first-order valence-electron chi connectivity index (χ1n) is 9.71. The number of hydrazone groups is 1. The number of phenolic OH excluding ortho intramolecular Hbond substituents is 1. The van der Waals surface area contributed by atoms with Crippen molar-refractivity contribution in [3.8, 4) is 5.75 Å². The van der Waals surface area contributed by atoms with E-state index in [1.807, 2.05) is 13.0 Å². The first-order chi connectivity index (χ1) is 13.6. The summed E-state index contributed by atoms with van der Waals surface area (Å²) < 4.78 is 0. The molecule has 0 saturated carbocycles. The quantitative estimate of drug-likeness (QED) is 0.572. The van der Waals surface area contributed by atoms with Crippen molar-refractivity contribution in [3.63, 3.8) is 0 Å². The topological polar surface area (TPSA) is 68.2 Å². The van der Waals surface area contributed by atoms with Crippen LogP contribution in [-0.2, 0) is 11.3 Å². The van der Waals surface area contributed by atoms with E-state index >= 15 is 0 Å². The lowest BCUT2D eigenvalue weighted by atomic mass is 10.1. The van der Waals surface area contributed by atoms with E-state index in [2.05, 4.69) is 44.6 Å². The van der Waals surface area contributed by atoms with E-state index in [0.29, 0.717) is 12.1 Å². The average Bonchev–Trinajstić information content (AvgIpc) is 2.73. The standard InChI is InChI=1S/C22H28N4O2/c1-18(20-7-9-21(27)10-8-20)23-24-22(28)11-12-25-13-15-26(16-14-25)17-19-5-3-2-4-6-19/h2-10,27H,11-17H2,1H3,(H,24,28). The Morgan fingerprint density at radius 3 is 2.32 bits per heavy atom. The number of benzene rings is 2. The van der Waals surface area contributed by atoms with Crippen molar-refractivity contribution in [3.05, 3.63) is 65.7 Å². The number of aromatic hydroxyl groups is 1. The molecule has 6 nitrogen and oxygen atoms in total. The maximum Gasteiger partial charge on any atom is 0.241 e. The molecular weight excluding hydrogens is 352 g/mol. The molecule has 2 aromatic carbocycles. The summed E-state index contributed by atoms with van der Waals surface area (Å²) in [5.74, 6) is 0.134. The lowest BCUT2D eigenvalue weighted by Crippen LogP contribution is -2.46. The monoisotopic (exact) mass is 380 g/mol. The molecule has 2 N–H and O–H groups in total. The van der Waals surface area contributed by atoms with E-state index in [1.165, 1.54) is 5.56 Å². The van der Waals surface area contributed by atoms with Gasteiger partial charge in [0.15, 0.2) is 0 Å². The van der Waals surface area contributed by atoms with Gasteiger partial charge in [-0.05, 0) is 42.3 Å². The van der Waals surface area contributed by atoms with E-state index in [1.54, 1.807) is 24.3 Å². The molecule has 1 amide bonds. The lowest BCUT2D eigenvalue weighted by molar-refractivity contribution is -0.121. The molecule has 1 saturated heterocycles. The number of phenols is 1. The maximum absolute atomic E-state index is 12.1. The molecule has 0 bridgehead atoms. The molecule has 0 spiro atoms. The fraction of sp³-hybridized carbons (Fsp3) is 0.364. The molecule has 1 heterocycles. The van der Waals surface area contributed by atoms with Gasteiger partial charge < -0.3 is 10.0 Å². The van der Waals surface area contributed by atoms with Gasteiger partial charge in [-0.15, -0.1) is 0 Å². The van der Waals surface area contributed by atoms with E-state index in [0.717, 1.165) is 44.8 Å². The van der Waals surface area contributed by atoms with Crippen molar-refractivity contribution >= 4 is 11.6 Å². The van der Waals surface area contributed by atoms with E-state index < -0.39 is 0 Å². The van der Waals surface area contributed by atoms with Crippen LogP contribution in [-0.4, -0.2) is 59.2 Å². The van der Waals surface area contributed by atoms with Gasteiger partial charge in [-0.2, -0.15) is 5.10 Å². The highest BCUT2D eigenvalue weighted by molar-refractivity contribution is 5.99. The molecule has 0 atom stereocenters. The number of amides is 1. The Kier molecular flexibility index (Phi) is 7.17. The second kappa shape index (κ2) is 10.0. The Labute approximate surface area is 166 Å². The highest BCUT2D eigenvalue weighted by Crippen LogP contribution is 2.10. The Morgan fingerprint density at radius 2 is 1.64 bits per heavy atom. The Balaban J connectivity index is 1.36. The molecule has 0 aromatic heterocycles. The zero-order valence-corrected chi connectivity index (χ0v) is 16.3. The average molecular weight is 380 g/mol. The van der Waals surface area contributed by atoms with E-state index in [9.17, 15) is 9.90 Å². The van der Waals surface area contributed by atoms with Crippen LogP contribution in [0.25, 0.3) is 0 Å². The third-order valence-corrected chi connectivity index (χ3v) is 5.00. The Bertz CT molecular complexity index is 782. The van der Waals surface area contributed by atoms with Crippen LogP contribution in [0.5, 0.6) is 5.75 Å². The van der Waals surface area contributed by atoms with Crippen molar-refractivity contribution in [2.45, 2.75) is 19.9 Å². The predicted octanol–water partition coefficient (Wildman–Crippen LogP) is 2.44. The molecule has 0 radical (unpaired) electrons. The molecule has 28 heavy (non-hydrogen) atoms. The Hall–Kier alpha value is -2.70. The summed E-state index contributed by atoms with van der Waals surface area (Å²) >= 11 is 0. The van der Waals surface area contributed by atoms with Gasteiger partial charge in [0.05, 0.1) is 5.71 Å². The third kappa shape index (κ3) is 6.18. The van der Waals surface area contributed by atoms with Crippen LogP contribution in [0.4, 0.5) is 0 Å². The number of hydrogen-bond acceptors (Lipinski definition) is 5. The summed E-state index contributed by atoms with van der Waals surface area (Å²) in [7, 11) is 0. The smallest absolute Gasteiger partial charge is 0.241 e. The minimum atomic E-state index is -0.0788. The minimum Gasteiger partial charge on any atom is -0.508 e. The zero-order valence-electron chi connectivity index (χ0n) is 16.3. The molecule has 6 heteroatoms. The molecule has 3 rings (SSSR count). The molecule has 0 aliphatic carbocycles. The summed E-state index contributed by atoms with van der Waals surface area (Å²) in [5.41, 5.74) is 5.55. The van der Waals surface area contributed by atoms with Crippen LogP contribution in [0.15, 0.2) is 59.7 Å². The summed E-state index contributed by atoms with van der Waals surface area (Å²) in [6.07, 6.45) is 0.436. The number of piperazine rings is 1. The summed E-state index contributed by atoms with van der Waals surface area (Å²) in [6, 6.07) is 17.3. The van der Waals surface area contributed by atoms with Crippen LogP contribution >= 0.6 is 0 Å². The second-order valence-corrected chi connectivity index (χ2v) is 7.13. The molecule has 148 valence electrons. The molecule has 1 aliphatic heterocycles. The minimum absolute atomic E-state index is 0.0788. The third-order valence-electron chi connectivity index (χ3n) is 5.00. The van der Waals surface area contributed by atoms with Gasteiger partial charge in [0.2, 0.25) is 5.91 Å². The van der Waals surface area contributed by atoms with Crippen LogP contribution in [0.1, 0.15) is 24.5 Å². The number of nitrogens with zero attached hydrogens (tertiary/aromatic N) is 3. The largest absolute Gasteiger partial charge is 0.508 e. The van der Waals surface area contributed by atoms with Crippen molar-refractivity contribution in [1.82, 2.24) is 15.2 Å². The van der Waals surface area contributed by atoms with Gasteiger partial charge in [-0.3, -0.25) is 9.69 Å². The van der Waals surface area contributed by atoms with Crippen LogP contribution in [0.2, 0.25) is 0 Å². The summed E-state index contributed by atoms with van der Waals surface area (Å²) in [4.78, 5) is 16.9. The number of nitrogens with one attached hydrogen (secondary N) is 1. The molecule has 1 aliphatic rings. The fourth-order valence-electron chi connectivity index (χ4n) is 3.24. The van der Waals surface area contributed by atoms with Crippen molar-refractivity contribution in [2.75, 3.05) is 32.7 Å². The predicted molar refractivity (Wildman–Crippen MR) is 111 cm³/mol.